The van der Waals surface area contributed by atoms with Gasteiger partial charge in [-0.2, -0.15) is 9.97 Å². The number of nitrogens with one attached hydrogen (secondary N) is 4. The number of methoxy groups -OCH3 is 1. The molecule has 2 aromatic carbocycles. The summed E-state index contributed by atoms with van der Waals surface area (Å²) in [6.45, 7) is 7.30. The van der Waals surface area contributed by atoms with Gasteiger partial charge in [0, 0.05) is 62.1 Å². The Morgan fingerprint density at radius 3 is 2.82 bits per heavy atom. The van der Waals surface area contributed by atoms with Crippen LogP contribution in [0.5, 0.6) is 11.6 Å². The maximum atomic E-state index is 11.7. The Bertz CT molecular complexity index is 1400. The summed E-state index contributed by atoms with van der Waals surface area (Å²) in [6.07, 6.45) is 4.12. The van der Waals surface area contributed by atoms with Gasteiger partial charge in [0.05, 0.1) is 12.0 Å². The molecule has 5 rings (SSSR count). The fraction of sp³-hybridized carbons (Fsp3) is 0.250. The molecule has 1 amide bonds. The Kier molecular flexibility index (Phi) is 7.81. The number of hydrogen-bond acceptors (Lipinski definition) is 8. The summed E-state index contributed by atoms with van der Waals surface area (Å²) < 4.78 is 11.3. The van der Waals surface area contributed by atoms with Gasteiger partial charge in [0.2, 0.25) is 17.7 Å². The highest BCUT2D eigenvalue weighted by Gasteiger charge is 2.21. The number of hydrogen-bond donors (Lipinski definition) is 4. The van der Waals surface area contributed by atoms with Gasteiger partial charge in [-0.25, -0.2) is 0 Å². The molecule has 0 bridgehead atoms. The summed E-state index contributed by atoms with van der Waals surface area (Å²) >= 11 is 0. The molecule has 1 saturated heterocycles. The lowest BCUT2D eigenvalue weighted by atomic mass is 10.2. The first kappa shape index (κ1) is 25.2. The lowest BCUT2D eigenvalue weighted by Crippen LogP contribution is -2.28. The number of carbonyl (C=O) groups is 1. The van der Waals surface area contributed by atoms with Crippen LogP contribution < -0.4 is 20.7 Å². The molecule has 0 aliphatic carbocycles. The first-order chi connectivity index (χ1) is 18.6. The second-order valence-corrected chi connectivity index (χ2v) is 9.04. The van der Waals surface area contributed by atoms with Crippen molar-refractivity contribution in [3.8, 4) is 11.6 Å². The predicted octanol–water partition coefficient (Wildman–Crippen LogP) is 4.75. The Morgan fingerprint density at radius 2 is 2.00 bits per heavy atom. The molecule has 1 aliphatic rings. The molecule has 0 saturated carbocycles. The highest BCUT2D eigenvalue weighted by molar-refractivity contribution is 5.99. The molecule has 1 fully saturated rings. The number of aromatic amines is 1. The van der Waals surface area contributed by atoms with Crippen LogP contribution >= 0.6 is 0 Å². The van der Waals surface area contributed by atoms with Crippen molar-refractivity contribution in [2.45, 2.75) is 12.5 Å². The molecule has 1 aliphatic heterocycles. The fourth-order valence-corrected chi connectivity index (χ4v) is 4.38. The molecular formula is C28H31N7O3. The van der Waals surface area contributed by atoms with Crippen LogP contribution in [0.1, 0.15) is 6.42 Å². The van der Waals surface area contributed by atoms with E-state index >= 15 is 0 Å². The number of carbonyl (C=O) groups excluding carboxylic acids is 1. The van der Waals surface area contributed by atoms with Crippen LogP contribution in [0.4, 0.5) is 23.0 Å². The molecule has 2 aromatic heterocycles. The lowest BCUT2D eigenvalue weighted by Gasteiger charge is -2.17. The van der Waals surface area contributed by atoms with Crippen molar-refractivity contribution < 1.29 is 14.3 Å². The number of aromatic nitrogens is 3. The zero-order chi connectivity index (χ0) is 26.3. The molecule has 10 nitrogen and oxygen atoms in total. The van der Waals surface area contributed by atoms with E-state index in [1.807, 2.05) is 30.3 Å². The standard InChI is InChI=1S/C28H31N7O3/c1-3-25(36)31-21-5-4-6-23(17-21)38-27-24-11-13-29-26(24)33-28(34-27)32-20-9-7-19(8-10-20)30-22-12-14-35(18-22)15-16-37-2/h3-11,13,17,22,30H,1,12,14-16,18H2,2H3,(H,31,36)(H2,29,32,33,34)/t22-/m0/s1. The molecule has 196 valence electrons. The molecular weight excluding hydrogens is 482 g/mol. The number of H-pyrrole nitrogens is 1. The van der Waals surface area contributed by atoms with Crippen molar-refractivity contribution in [3.63, 3.8) is 0 Å². The summed E-state index contributed by atoms with van der Waals surface area (Å²) in [5, 5.41) is 10.4. The van der Waals surface area contributed by atoms with Gasteiger partial charge >= 0.3 is 0 Å². The summed E-state index contributed by atoms with van der Waals surface area (Å²) in [5.41, 5.74) is 3.17. The Labute approximate surface area is 221 Å². The first-order valence-corrected chi connectivity index (χ1v) is 12.5. The minimum absolute atomic E-state index is 0.294. The third-order valence-corrected chi connectivity index (χ3v) is 6.28. The zero-order valence-electron chi connectivity index (χ0n) is 21.2. The van der Waals surface area contributed by atoms with E-state index in [0.29, 0.717) is 35.0 Å². The maximum absolute atomic E-state index is 11.7. The molecule has 3 heterocycles. The number of nitrogens with zero attached hydrogens (tertiary/aromatic N) is 3. The molecule has 4 N–H and O–H groups in total. The van der Waals surface area contributed by atoms with Gasteiger partial charge in [-0.3, -0.25) is 9.69 Å². The summed E-state index contributed by atoms with van der Waals surface area (Å²) in [6, 6.07) is 17.5. The van der Waals surface area contributed by atoms with Crippen molar-refractivity contribution in [3.05, 3.63) is 73.4 Å². The largest absolute Gasteiger partial charge is 0.438 e. The number of amides is 1. The van der Waals surface area contributed by atoms with E-state index in [1.54, 1.807) is 37.6 Å². The van der Waals surface area contributed by atoms with Crippen LogP contribution in [-0.4, -0.2) is 65.2 Å². The molecule has 38 heavy (non-hydrogen) atoms. The number of likely N-dealkylation sites (tertiary alicyclic amines) is 1. The minimum Gasteiger partial charge on any atom is -0.438 e. The van der Waals surface area contributed by atoms with Gasteiger partial charge in [0.25, 0.3) is 0 Å². The average Bonchev–Trinajstić information content (AvgIpc) is 3.58. The average molecular weight is 514 g/mol. The van der Waals surface area contributed by atoms with Crippen LogP contribution in [0.3, 0.4) is 0 Å². The van der Waals surface area contributed by atoms with Crippen LogP contribution in [-0.2, 0) is 9.53 Å². The highest BCUT2D eigenvalue weighted by Crippen LogP contribution is 2.30. The van der Waals surface area contributed by atoms with E-state index in [4.69, 9.17) is 9.47 Å². The molecule has 4 aromatic rings. The van der Waals surface area contributed by atoms with Crippen molar-refractivity contribution in [2.24, 2.45) is 0 Å². The van der Waals surface area contributed by atoms with Crippen LogP contribution in [0.15, 0.2) is 73.4 Å². The van der Waals surface area contributed by atoms with Crippen molar-refractivity contribution in [1.82, 2.24) is 19.9 Å². The third kappa shape index (κ3) is 6.28. The van der Waals surface area contributed by atoms with Crippen LogP contribution in [0.2, 0.25) is 0 Å². The van der Waals surface area contributed by atoms with E-state index in [2.05, 4.69) is 42.4 Å². The number of ether oxygens (including phenoxy) is 2. The number of anilines is 4. The minimum atomic E-state index is -0.294. The van der Waals surface area contributed by atoms with E-state index in [-0.39, 0.29) is 5.91 Å². The smallest absolute Gasteiger partial charge is 0.247 e. The van der Waals surface area contributed by atoms with E-state index < -0.39 is 0 Å². The first-order valence-electron chi connectivity index (χ1n) is 12.5. The monoisotopic (exact) mass is 513 g/mol. The van der Waals surface area contributed by atoms with Crippen LogP contribution in [0, 0.1) is 0 Å². The maximum Gasteiger partial charge on any atom is 0.247 e. The summed E-state index contributed by atoms with van der Waals surface area (Å²) in [4.78, 5) is 26.4. The van der Waals surface area contributed by atoms with Crippen molar-refractivity contribution >= 4 is 40.0 Å². The highest BCUT2D eigenvalue weighted by atomic mass is 16.5. The second-order valence-electron chi connectivity index (χ2n) is 9.04. The normalized spacial score (nSPS) is 15.3. The predicted molar refractivity (Wildman–Crippen MR) is 149 cm³/mol. The Hall–Kier alpha value is -4.41. The second kappa shape index (κ2) is 11.8. The van der Waals surface area contributed by atoms with Crippen molar-refractivity contribution in [2.75, 3.05) is 49.3 Å². The number of benzene rings is 2. The van der Waals surface area contributed by atoms with E-state index in [9.17, 15) is 4.79 Å². The van der Waals surface area contributed by atoms with Gasteiger partial charge in [0.1, 0.15) is 11.4 Å². The van der Waals surface area contributed by atoms with E-state index in [0.717, 1.165) is 49.4 Å². The molecule has 1 atom stereocenters. The van der Waals surface area contributed by atoms with E-state index in [1.165, 1.54) is 6.08 Å². The van der Waals surface area contributed by atoms with Gasteiger partial charge < -0.3 is 30.4 Å². The zero-order valence-corrected chi connectivity index (χ0v) is 21.2. The summed E-state index contributed by atoms with van der Waals surface area (Å²) in [5.74, 6) is 1.03. The molecule has 0 radical (unpaired) electrons. The SMILES string of the molecule is C=CC(=O)Nc1cccc(Oc2nc(Nc3ccc(N[C@H]4CCN(CCOC)C4)cc3)nc3[nH]ccc23)c1. The summed E-state index contributed by atoms with van der Waals surface area (Å²) in [7, 11) is 1.74. The molecule has 0 unspecified atom stereocenters. The van der Waals surface area contributed by atoms with Crippen molar-refractivity contribution in [1.29, 1.82) is 0 Å². The van der Waals surface area contributed by atoms with Gasteiger partial charge in [-0.05, 0) is 55.0 Å². The molecule has 0 spiro atoms. The van der Waals surface area contributed by atoms with Gasteiger partial charge in [0.15, 0.2) is 0 Å². The third-order valence-electron chi connectivity index (χ3n) is 6.28. The quantitative estimate of drug-likeness (QED) is 0.212. The van der Waals surface area contributed by atoms with Gasteiger partial charge in [-0.15, -0.1) is 0 Å². The molecule has 10 heteroatoms. The Morgan fingerprint density at radius 1 is 1.16 bits per heavy atom. The fourth-order valence-electron chi connectivity index (χ4n) is 4.38. The number of fused-ring (bicyclic) bond motifs is 1. The number of rotatable bonds is 11. The van der Waals surface area contributed by atoms with Gasteiger partial charge in [-0.1, -0.05) is 12.6 Å². The topological polar surface area (TPSA) is 116 Å². The van der Waals surface area contributed by atoms with Crippen LogP contribution in [0.25, 0.3) is 11.0 Å². The Balaban J connectivity index is 1.26. The lowest BCUT2D eigenvalue weighted by molar-refractivity contribution is -0.111.